The van der Waals surface area contributed by atoms with Gasteiger partial charge in [-0.15, -0.1) is 0 Å². The zero-order chi connectivity index (χ0) is 16.7. The number of aromatic nitrogens is 3. The standard InChI is InChI=1S/C18H13FN4O/c19-14-7-12(9-20)4-5-13(14)15-8-18(24,16-3-1-2-6-22-16)17-10-21-11-23(15)17/h1-7,10-11,15,24H,8H2/t15-,18-/m1/s1. The van der Waals surface area contributed by atoms with Crippen molar-refractivity contribution in [3.05, 3.63) is 83.5 Å². The second-order valence-corrected chi connectivity index (χ2v) is 5.83. The Labute approximate surface area is 137 Å². The van der Waals surface area contributed by atoms with E-state index in [1.807, 2.05) is 6.07 Å². The van der Waals surface area contributed by atoms with Gasteiger partial charge in [-0.1, -0.05) is 12.1 Å². The average molecular weight is 320 g/mol. The number of aliphatic hydroxyl groups is 1. The Morgan fingerprint density at radius 3 is 2.92 bits per heavy atom. The number of imidazole rings is 1. The molecule has 1 N–H and O–H groups in total. The van der Waals surface area contributed by atoms with Crippen LogP contribution in [0.2, 0.25) is 0 Å². The largest absolute Gasteiger partial charge is 0.377 e. The van der Waals surface area contributed by atoms with Gasteiger partial charge in [0.15, 0.2) is 5.60 Å². The molecule has 0 saturated heterocycles. The van der Waals surface area contributed by atoms with Crippen LogP contribution in [0.1, 0.15) is 35.0 Å². The predicted molar refractivity (Wildman–Crippen MR) is 83.3 cm³/mol. The van der Waals surface area contributed by atoms with E-state index in [-0.39, 0.29) is 12.0 Å². The molecule has 3 heterocycles. The van der Waals surface area contributed by atoms with Crippen LogP contribution in [-0.4, -0.2) is 19.6 Å². The van der Waals surface area contributed by atoms with E-state index in [4.69, 9.17) is 5.26 Å². The van der Waals surface area contributed by atoms with Crippen molar-refractivity contribution in [3.63, 3.8) is 0 Å². The lowest BCUT2D eigenvalue weighted by Gasteiger charge is -2.22. The molecule has 0 fully saturated rings. The summed E-state index contributed by atoms with van der Waals surface area (Å²) in [5.41, 5.74) is 0.432. The van der Waals surface area contributed by atoms with Crippen molar-refractivity contribution in [2.45, 2.75) is 18.1 Å². The monoisotopic (exact) mass is 320 g/mol. The Morgan fingerprint density at radius 2 is 2.21 bits per heavy atom. The summed E-state index contributed by atoms with van der Waals surface area (Å²) < 4.78 is 16.2. The van der Waals surface area contributed by atoms with Gasteiger partial charge in [-0.05, 0) is 24.3 Å². The van der Waals surface area contributed by atoms with E-state index in [2.05, 4.69) is 9.97 Å². The molecule has 1 aromatic carbocycles. The molecule has 4 rings (SSSR count). The van der Waals surface area contributed by atoms with Gasteiger partial charge in [0.2, 0.25) is 0 Å². The second kappa shape index (κ2) is 5.25. The van der Waals surface area contributed by atoms with Gasteiger partial charge >= 0.3 is 0 Å². The molecule has 1 aliphatic rings. The van der Waals surface area contributed by atoms with Gasteiger partial charge < -0.3 is 9.67 Å². The summed E-state index contributed by atoms with van der Waals surface area (Å²) in [7, 11) is 0. The van der Waals surface area contributed by atoms with E-state index in [9.17, 15) is 9.50 Å². The molecule has 0 amide bonds. The Balaban J connectivity index is 1.83. The first-order chi connectivity index (χ1) is 11.6. The van der Waals surface area contributed by atoms with Crippen molar-refractivity contribution >= 4 is 0 Å². The fraction of sp³-hybridized carbons (Fsp3) is 0.167. The molecule has 2 aromatic heterocycles. The maximum absolute atomic E-state index is 14.5. The van der Waals surface area contributed by atoms with Crippen molar-refractivity contribution in [2.24, 2.45) is 0 Å². The number of halogens is 1. The minimum absolute atomic E-state index is 0.255. The van der Waals surface area contributed by atoms with Crippen LogP contribution in [-0.2, 0) is 5.60 Å². The summed E-state index contributed by atoms with van der Waals surface area (Å²) >= 11 is 0. The quantitative estimate of drug-likeness (QED) is 0.787. The van der Waals surface area contributed by atoms with E-state index < -0.39 is 17.5 Å². The number of fused-ring (bicyclic) bond motifs is 1. The molecule has 0 radical (unpaired) electrons. The molecule has 3 aromatic rings. The van der Waals surface area contributed by atoms with Crippen LogP contribution in [0.3, 0.4) is 0 Å². The van der Waals surface area contributed by atoms with Gasteiger partial charge in [0.25, 0.3) is 0 Å². The normalized spacial score (nSPS) is 22.1. The van der Waals surface area contributed by atoms with Crippen molar-refractivity contribution < 1.29 is 9.50 Å². The molecule has 118 valence electrons. The van der Waals surface area contributed by atoms with Crippen molar-refractivity contribution in [2.75, 3.05) is 0 Å². The molecular weight excluding hydrogens is 307 g/mol. The van der Waals surface area contributed by atoms with Crippen LogP contribution in [0.15, 0.2) is 55.1 Å². The molecule has 5 nitrogen and oxygen atoms in total. The topological polar surface area (TPSA) is 74.7 Å². The number of nitriles is 1. The lowest BCUT2D eigenvalue weighted by molar-refractivity contribution is 0.0746. The van der Waals surface area contributed by atoms with Crippen LogP contribution in [0.4, 0.5) is 4.39 Å². The van der Waals surface area contributed by atoms with Crippen LogP contribution >= 0.6 is 0 Å². The Morgan fingerprint density at radius 1 is 1.33 bits per heavy atom. The van der Waals surface area contributed by atoms with Gasteiger partial charge in [0.05, 0.1) is 41.6 Å². The van der Waals surface area contributed by atoms with E-state index >= 15 is 0 Å². The smallest absolute Gasteiger partial charge is 0.150 e. The number of nitrogens with zero attached hydrogens (tertiary/aromatic N) is 4. The van der Waals surface area contributed by atoms with Crippen LogP contribution in [0, 0.1) is 17.1 Å². The van der Waals surface area contributed by atoms with E-state index in [0.29, 0.717) is 17.0 Å². The first-order valence-corrected chi connectivity index (χ1v) is 7.49. The first-order valence-electron chi connectivity index (χ1n) is 7.49. The van der Waals surface area contributed by atoms with Crippen LogP contribution < -0.4 is 0 Å². The maximum atomic E-state index is 14.5. The van der Waals surface area contributed by atoms with Crippen LogP contribution in [0.25, 0.3) is 0 Å². The zero-order valence-electron chi connectivity index (χ0n) is 12.6. The summed E-state index contributed by atoms with van der Waals surface area (Å²) in [5, 5.41) is 20.1. The molecule has 0 bridgehead atoms. The van der Waals surface area contributed by atoms with Gasteiger partial charge in [-0.2, -0.15) is 5.26 Å². The highest BCUT2D eigenvalue weighted by Crippen LogP contribution is 2.46. The van der Waals surface area contributed by atoms with Gasteiger partial charge in [0, 0.05) is 18.2 Å². The number of hydrogen-bond acceptors (Lipinski definition) is 4. The summed E-state index contributed by atoms with van der Waals surface area (Å²) in [6, 6.07) is 11.2. The fourth-order valence-electron chi connectivity index (χ4n) is 3.33. The lowest BCUT2D eigenvalue weighted by atomic mass is 9.89. The van der Waals surface area contributed by atoms with Crippen molar-refractivity contribution in [1.29, 1.82) is 5.26 Å². The molecule has 0 aliphatic carbocycles. The third-order valence-corrected chi connectivity index (χ3v) is 4.49. The highest BCUT2D eigenvalue weighted by molar-refractivity contribution is 5.39. The molecule has 0 spiro atoms. The molecular formula is C18H13FN4O. The van der Waals surface area contributed by atoms with E-state index in [1.165, 1.54) is 6.07 Å². The van der Waals surface area contributed by atoms with Gasteiger partial charge in [-0.3, -0.25) is 4.98 Å². The molecule has 0 unspecified atom stereocenters. The molecule has 24 heavy (non-hydrogen) atoms. The minimum Gasteiger partial charge on any atom is -0.377 e. The number of rotatable bonds is 2. The van der Waals surface area contributed by atoms with Crippen molar-refractivity contribution in [3.8, 4) is 6.07 Å². The number of benzene rings is 1. The third kappa shape index (κ3) is 2.02. The van der Waals surface area contributed by atoms with E-state index in [0.717, 1.165) is 0 Å². The fourth-order valence-corrected chi connectivity index (χ4v) is 3.33. The number of pyridine rings is 1. The molecule has 0 saturated carbocycles. The molecule has 1 aliphatic heterocycles. The SMILES string of the molecule is N#Cc1ccc([C@H]2C[C@@](O)(c3ccccn3)c3cncn32)c(F)c1. The first kappa shape index (κ1) is 14.5. The third-order valence-electron chi connectivity index (χ3n) is 4.49. The summed E-state index contributed by atoms with van der Waals surface area (Å²) in [4.78, 5) is 8.37. The summed E-state index contributed by atoms with van der Waals surface area (Å²) in [6.07, 6.45) is 5.03. The van der Waals surface area contributed by atoms with Gasteiger partial charge in [0.1, 0.15) is 5.82 Å². The minimum atomic E-state index is -1.33. The summed E-state index contributed by atoms with van der Waals surface area (Å²) in [5.74, 6) is -0.469. The van der Waals surface area contributed by atoms with Crippen molar-refractivity contribution in [1.82, 2.24) is 14.5 Å². The Bertz CT molecular complexity index is 947. The molecule has 2 atom stereocenters. The van der Waals surface area contributed by atoms with Crippen LogP contribution in [0.5, 0.6) is 0 Å². The zero-order valence-corrected chi connectivity index (χ0v) is 12.6. The average Bonchev–Trinajstić information content (AvgIpc) is 3.19. The summed E-state index contributed by atoms with van der Waals surface area (Å²) in [6.45, 7) is 0. The van der Waals surface area contributed by atoms with E-state index in [1.54, 1.807) is 53.6 Å². The lowest BCUT2D eigenvalue weighted by Crippen LogP contribution is -2.25. The highest BCUT2D eigenvalue weighted by atomic mass is 19.1. The molecule has 6 heteroatoms. The predicted octanol–water partition coefficient (Wildman–Crippen LogP) is 2.52. The van der Waals surface area contributed by atoms with Gasteiger partial charge in [-0.25, -0.2) is 9.37 Å². The Hall–Kier alpha value is -3.04. The highest BCUT2D eigenvalue weighted by Gasteiger charge is 2.46. The maximum Gasteiger partial charge on any atom is 0.150 e. The number of hydrogen-bond donors (Lipinski definition) is 1. The second-order valence-electron chi connectivity index (χ2n) is 5.83. The Kier molecular flexibility index (Phi) is 3.18.